The Labute approximate surface area is 86.8 Å². The highest BCUT2D eigenvalue weighted by Gasteiger charge is 2.18. The molecule has 0 fully saturated rings. The Balaban J connectivity index is 2.61. The van der Waals surface area contributed by atoms with Crippen LogP contribution in [0.2, 0.25) is 4.34 Å². The van der Waals surface area contributed by atoms with Gasteiger partial charge in [-0.15, -0.1) is 11.3 Å². The van der Waals surface area contributed by atoms with Gasteiger partial charge < -0.3 is 10.4 Å². The minimum absolute atomic E-state index is 0.00668. The van der Waals surface area contributed by atoms with Crippen molar-refractivity contribution >= 4 is 22.9 Å². The molecule has 0 saturated heterocycles. The van der Waals surface area contributed by atoms with E-state index in [1.165, 1.54) is 11.3 Å². The third-order valence-corrected chi connectivity index (χ3v) is 2.93. The summed E-state index contributed by atoms with van der Waals surface area (Å²) < 4.78 is 0.609. The summed E-state index contributed by atoms with van der Waals surface area (Å²) in [5.41, 5.74) is 0. The van der Waals surface area contributed by atoms with Gasteiger partial charge >= 0.3 is 0 Å². The summed E-state index contributed by atoms with van der Waals surface area (Å²) >= 11 is 7.03. The monoisotopic (exact) mass is 220 g/mol. The molecule has 0 radical (unpaired) electrons. The Morgan fingerprint density at radius 2 is 2.46 bits per heavy atom. The maximum Gasteiger partial charge on any atom is 0.124 e. The average molecular weight is 221 g/mol. The SMILES string of the molecule is CCNC(C)C(O)c1ncc(Cl)s1. The number of hydrogen-bond acceptors (Lipinski definition) is 4. The number of aromatic nitrogens is 1. The third kappa shape index (κ3) is 2.91. The largest absolute Gasteiger partial charge is 0.384 e. The molecular weight excluding hydrogens is 208 g/mol. The second-order valence-electron chi connectivity index (χ2n) is 2.79. The molecule has 0 saturated carbocycles. The first-order valence-electron chi connectivity index (χ1n) is 4.17. The molecule has 0 aliphatic heterocycles. The van der Waals surface area contributed by atoms with Crippen molar-refractivity contribution in [3.05, 3.63) is 15.5 Å². The van der Waals surface area contributed by atoms with E-state index < -0.39 is 6.10 Å². The molecule has 0 aliphatic rings. The van der Waals surface area contributed by atoms with Crippen molar-refractivity contribution in [2.45, 2.75) is 26.0 Å². The first kappa shape index (κ1) is 10.9. The molecule has 0 amide bonds. The molecule has 2 unspecified atom stereocenters. The standard InChI is InChI=1S/C8H13ClN2OS/c1-3-10-5(2)7(12)8-11-4-6(9)13-8/h4-5,7,10,12H,3H2,1-2H3. The number of aliphatic hydroxyl groups excluding tert-OH is 1. The van der Waals surface area contributed by atoms with Gasteiger partial charge in [-0.1, -0.05) is 18.5 Å². The molecular formula is C8H13ClN2OS. The molecule has 3 nitrogen and oxygen atoms in total. The molecule has 0 aliphatic carbocycles. The molecule has 13 heavy (non-hydrogen) atoms. The van der Waals surface area contributed by atoms with Crippen LogP contribution in [0.1, 0.15) is 25.0 Å². The van der Waals surface area contributed by atoms with Crippen LogP contribution in [0, 0.1) is 0 Å². The van der Waals surface area contributed by atoms with Crippen LogP contribution in [-0.4, -0.2) is 22.7 Å². The van der Waals surface area contributed by atoms with E-state index in [0.29, 0.717) is 9.34 Å². The fourth-order valence-corrected chi connectivity index (χ4v) is 2.07. The van der Waals surface area contributed by atoms with Gasteiger partial charge in [0.1, 0.15) is 15.4 Å². The Morgan fingerprint density at radius 3 is 2.92 bits per heavy atom. The number of nitrogens with zero attached hydrogens (tertiary/aromatic N) is 1. The van der Waals surface area contributed by atoms with Crippen LogP contribution < -0.4 is 5.32 Å². The number of nitrogens with one attached hydrogen (secondary N) is 1. The van der Waals surface area contributed by atoms with Gasteiger partial charge in [0, 0.05) is 6.04 Å². The van der Waals surface area contributed by atoms with Crippen molar-refractivity contribution in [2.75, 3.05) is 6.54 Å². The third-order valence-electron chi connectivity index (χ3n) is 1.75. The molecule has 0 bridgehead atoms. The molecule has 1 heterocycles. The quantitative estimate of drug-likeness (QED) is 0.814. The number of halogens is 1. The smallest absolute Gasteiger partial charge is 0.124 e. The van der Waals surface area contributed by atoms with Gasteiger partial charge in [-0.3, -0.25) is 0 Å². The molecule has 0 spiro atoms. The topological polar surface area (TPSA) is 45.1 Å². The lowest BCUT2D eigenvalue weighted by Crippen LogP contribution is -2.31. The van der Waals surface area contributed by atoms with Crippen LogP contribution in [0.5, 0.6) is 0 Å². The minimum Gasteiger partial charge on any atom is -0.384 e. The van der Waals surface area contributed by atoms with Crippen LogP contribution in [0.15, 0.2) is 6.20 Å². The van der Waals surface area contributed by atoms with E-state index in [2.05, 4.69) is 10.3 Å². The summed E-state index contributed by atoms with van der Waals surface area (Å²) in [6.07, 6.45) is 0.987. The normalized spacial score (nSPS) is 15.7. The average Bonchev–Trinajstić information content (AvgIpc) is 2.51. The molecule has 2 N–H and O–H groups in total. The second kappa shape index (κ2) is 4.91. The molecule has 74 valence electrons. The molecule has 2 atom stereocenters. The number of aliphatic hydroxyl groups is 1. The summed E-state index contributed by atoms with van der Waals surface area (Å²) in [5, 5.41) is 13.6. The first-order chi connectivity index (χ1) is 6.15. The van der Waals surface area contributed by atoms with E-state index >= 15 is 0 Å². The zero-order valence-corrected chi connectivity index (χ0v) is 9.19. The maximum absolute atomic E-state index is 9.76. The predicted octanol–water partition coefficient (Wildman–Crippen LogP) is 1.83. The Hall–Kier alpha value is -0.160. The number of hydrogen-bond donors (Lipinski definition) is 2. The summed E-state index contributed by atoms with van der Waals surface area (Å²) in [4.78, 5) is 4.02. The van der Waals surface area contributed by atoms with Crippen LogP contribution >= 0.6 is 22.9 Å². The van der Waals surface area contributed by atoms with E-state index in [1.807, 2.05) is 13.8 Å². The van der Waals surface area contributed by atoms with E-state index in [9.17, 15) is 5.11 Å². The zero-order valence-electron chi connectivity index (χ0n) is 7.62. The van der Waals surface area contributed by atoms with Crippen molar-refractivity contribution in [1.82, 2.24) is 10.3 Å². The van der Waals surface area contributed by atoms with Gasteiger partial charge in [0.25, 0.3) is 0 Å². The zero-order chi connectivity index (χ0) is 9.84. The van der Waals surface area contributed by atoms with Crippen LogP contribution in [0.3, 0.4) is 0 Å². The van der Waals surface area contributed by atoms with Crippen LogP contribution in [-0.2, 0) is 0 Å². The van der Waals surface area contributed by atoms with Crippen molar-refractivity contribution in [3.63, 3.8) is 0 Å². The number of likely N-dealkylation sites (N-methyl/N-ethyl adjacent to an activating group) is 1. The van der Waals surface area contributed by atoms with Crippen LogP contribution in [0.4, 0.5) is 0 Å². The van der Waals surface area contributed by atoms with Gasteiger partial charge in [-0.05, 0) is 13.5 Å². The van der Waals surface area contributed by atoms with Crippen molar-refractivity contribution < 1.29 is 5.11 Å². The summed E-state index contributed by atoms with van der Waals surface area (Å²) in [6.45, 7) is 4.75. The van der Waals surface area contributed by atoms with Crippen molar-refractivity contribution in [2.24, 2.45) is 0 Å². The second-order valence-corrected chi connectivity index (χ2v) is 4.49. The van der Waals surface area contributed by atoms with Gasteiger partial charge in [-0.25, -0.2) is 4.98 Å². The lowest BCUT2D eigenvalue weighted by molar-refractivity contribution is 0.137. The van der Waals surface area contributed by atoms with Gasteiger partial charge in [0.15, 0.2) is 0 Å². The van der Waals surface area contributed by atoms with E-state index in [4.69, 9.17) is 11.6 Å². The number of rotatable bonds is 4. The van der Waals surface area contributed by atoms with Gasteiger partial charge in [0.05, 0.1) is 6.20 Å². The van der Waals surface area contributed by atoms with Crippen molar-refractivity contribution in [1.29, 1.82) is 0 Å². The summed E-state index contributed by atoms with van der Waals surface area (Å²) in [5.74, 6) is 0. The van der Waals surface area contributed by atoms with Crippen molar-refractivity contribution in [3.8, 4) is 0 Å². The Morgan fingerprint density at radius 1 is 1.77 bits per heavy atom. The van der Waals surface area contributed by atoms with E-state index in [-0.39, 0.29) is 6.04 Å². The van der Waals surface area contributed by atoms with E-state index in [0.717, 1.165) is 6.54 Å². The predicted molar refractivity (Wildman–Crippen MR) is 55.2 cm³/mol. The molecule has 1 aromatic rings. The minimum atomic E-state index is -0.572. The lowest BCUT2D eigenvalue weighted by atomic mass is 10.2. The van der Waals surface area contributed by atoms with Gasteiger partial charge in [-0.2, -0.15) is 0 Å². The summed E-state index contributed by atoms with van der Waals surface area (Å²) in [6, 6.07) is 0.00668. The fraction of sp³-hybridized carbons (Fsp3) is 0.625. The molecule has 5 heteroatoms. The highest BCUT2D eigenvalue weighted by Crippen LogP contribution is 2.25. The lowest BCUT2D eigenvalue weighted by Gasteiger charge is -2.16. The molecule has 1 aromatic heterocycles. The molecule has 1 rings (SSSR count). The maximum atomic E-state index is 9.76. The summed E-state index contributed by atoms with van der Waals surface area (Å²) in [7, 11) is 0. The Bertz CT molecular complexity index is 266. The highest BCUT2D eigenvalue weighted by molar-refractivity contribution is 7.15. The Kier molecular flexibility index (Phi) is 4.12. The molecule has 0 aromatic carbocycles. The van der Waals surface area contributed by atoms with Crippen LogP contribution in [0.25, 0.3) is 0 Å². The number of thiazole rings is 1. The first-order valence-corrected chi connectivity index (χ1v) is 5.37. The van der Waals surface area contributed by atoms with E-state index in [1.54, 1.807) is 6.20 Å². The highest BCUT2D eigenvalue weighted by atomic mass is 35.5. The fourth-order valence-electron chi connectivity index (χ4n) is 1.05. The van der Waals surface area contributed by atoms with Gasteiger partial charge in [0.2, 0.25) is 0 Å².